The summed E-state index contributed by atoms with van der Waals surface area (Å²) in [5, 5.41) is 0.520. The molecule has 2 aromatic rings. The maximum absolute atomic E-state index is 13.8. The second kappa shape index (κ2) is 6.40. The van der Waals surface area contributed by atoms with E-state index in [9.17, 15) is 4.39 Å². The van der Waals surface area contributed by atoms with E-state index < -0.39 is 0 Å². The Balaban J connectivity index is 2.27. The average molecular weight is 344 g/mol. The molecular formula is C15H13BrClFO. The van der Waals surface area contributed by atoms with Crippen LogP contribution < -0.4 is 4.74 Å². The number of hydrogen-bond acceptors (Lipinski definition) is 1. The molecular weight excluding hydrogens is 331 g/mol. The van der Waals surface area contributed by atoms with E-state index in [1.54, 1.807) is 6.07 Å². The van der Waals surface area contributed by atoms with Crippen LogP contribution in [-0.4, -0.2) is 6.61 Å². The Morgan fingerprint density at radius 1 is 1.21 bits per heavy atom. The van der Waals surface area contributed by atoms with Gasteiger partial charge in [-0.25, -0.2) is 4.39 Å². The molecule has 0 aliphatic rings. The van der Waals surface area contributed by atoms with Crippen LogP contribution in [0.25, 0.3) is 0 Å². The molecule has 0 aliphatic carbocycles. The summed E-state index contributed by atoms with van der Waals surface area (Å²) in [7, 11) is 0. The molecule has 0 N–H and O–H groups in total. The highest BCUT2D eigenvalue weighted by Gasteiger charge is 2.15. The molecule has 0 spiro atoms. The SMILES string of the molecule is CCOc1ccc(C(Br)c2cc(Cl)ccc2F)cc1. The molecule has 0 fully saturated rings. The largest absolute Gasteiger partial charge is 0.494 e. The quantitative estimate of drug-likeness (QED) is 0.679. The molecule has 0 heterocycles. The second-order valence-electron chi connectivity index (χ2n) is 4.03. The van der Waals surface area contributed by atoms with Crippen LogP contribution in [0.5, 0.6) is 5.75 Å². The molecule has 2 rings (SSSR count). The zero-order valence-electron chi connectivity index (χ0n) is 10.4. The molecule has 4 heteroatoms. The van der Waals surface area contributed by atoms with Crippen LogP contribution in [0.3, 0.4) is 0 Å². The van der Waals surface area contributed by atoms with E-state index in [4.69, 9.17) is 16.3 Å². The van der Waals surface area contributed by atoms with Crippen molar-refractivity contribution >= 4 is 27.5 Å². The maximum atomic E-state index is 13.8. The average Bonchev–Trinajstić information content (AvgIpc) is 2.42. The van der Waals surface area contributed by atoms with Crippen molar-refractivity contribution in [2.45, 2.75) is 11.8 Å². The molecule has 0 amide bonds. The summed E-state index contributed by atoms with van der Waals surface area (Å²) < 4.78 is 19.2. The number of benzene rings is 2. The summed E-state index contributed by atoms with van der Waals surface area (Å²) in [6, 6.07) is 12.1. The van der Waals surface area contributed by atoms with Crippen LogP contribution in [0.2, 0.25) is 5.02 Å². The van der Waals surface area contributed by atoms with E-state index >= 15 is 0 Å². The van der Waals surface area contributed by atoms with Crippen LogP contribution >= 0.6 is 27.5 Å². The fraction of sp³-hybridized carbons (Fsp3) is 0.200. The normalized spacial score (nSPS) is 12.2. The Hall–Kier alpha value is -1.06. The molecule has 0 aromatic heterocycles. The first kappa shape index (κ1) is 14.4. The molecule has 0 aliphatic heterocycles. The molecule has 0 bridgehead atoms. The lowest BCUT2D eigenvalue weighted by molar-refractivity contribution is 0.340. The molecule has 1 atom stereocenters. The highest BCUT2D eigenvalue weighted by Crippen LogP contribution is 2.34. The van der Waals surface area contributed by atoms with E-state index in [1.165, 1.54) is 12.1 Å². The lowest BCUT2D eigenvalue weighted by Crippen LogP contribution is -1.97. The van der Waals surface area contributed by atoms with Gasteiger partial charge in [-0.1, -0.05) is 39.7 Å². The van der Waals surface area contributed by atoms with E-state index in [0.29, 0.717) is 17.2 Å². The van der Waals surface area contributed by atoms with Crippen molar-refractivity contribution in [1.82, 2.24) is 0 Å². The van der Waals surface area contributed by atoms with Crippen molar-refractivity contribution in [3.8, 4) is 5.75 Å². The molecule has 0 radical (unpaired) electrons. The van der Waals surface area contributed by atoms with Crippen LogP contribution in [0.4, 0.5) is 4.39 Å². The van der Waals surface area contributed by atoms with Gasteiger partial charge >= 0.3 is 0 Å². The standard InChI is InChI=1S/C15H13BrClFO/c1-2-19-12-6-3-10(4-7-12)15(16)13-9-11(17)5-8-14(13)18/h3-9,15H,2H2,1H3. The lowest BCUT2D eigenvalue weighted by atomic mass is 10.0. The first-order valence-corrected chi connectivity index (χ1v) is 7.23. The zero-order valence-corrected chi connectivity index (χ0v) is 12.7. The van der Waals surface area contributed by atoms with Crippen LogP contribution in [0.15, 0.2) is 42.5 Å². The summed E-state index contributed by atoms with van der Waals surface area (Å²) in [6.07, 6.45) is 0. The van der Waals surface area contributed by atoms with Crippen LogP contribution in [0, 0.1) is 5.82 Å². The highest BCUT2D eigenvalue weighted by atomic mass is 79.9. The monoisotopic (exact) mass is 342 g/mol. The van der Waals surface area contributed by atoms with Crippen LogP contribution in [-0.2, 0) is 0 Å². The third kappa shape index (κ3) is 3.48. The Labute approximate surface area is 125 Å². The molecule has 1 nitrogen and oxygen atoms in total. The van der Waals surface area contributed by atoms with Gasteiger partial charge in [0.15, 0.2) is 0 Å². The number of hydrogen-bond donors (Lipinski definition) is 0. The molecule has 0 saturated heterocycles. The first-order valence-electron chi connectivity index (χ1n) is 5.93. The van der Waals surface area contributed by atoms with Gasteiger partial charge in [0, 0.05) is 10.6 Å². The Morgan fingerprint density at radius 2 is 1.89 bits per heavy atom. The third-order valence-electron chi connectivity index (χ3n) is 2.71. The summed E-state index contributed by atoms with van der Waals surface area (Å²) in [4.78, 5) is -0.234. The molecule has 2 aromatic carbocycles. The molecule has 0 saturated carbocycles. The van der Waals surface area contributed by atoms with Gasteiger partial charge in [0.1, 0.15) is 11.6 Å². The summed E-state index contributed by atoms with van der Waals surface area (Å²) in [5.41, 5.74) is 1.47. The summed E-state index contributed by atoms with van der Waals surface area (Å²) in [6.45, 7) is 2.56. The Morgan fingerprint density at radius 3 is 2.53 bits per heavy atom. The fourth-order valence-corrected chi connectivity index (χ4v) is 2.62. The van der Waals surface area contributed by atoms with Gasteiger partial charge < -0.3 is 4.74 Å². The van der Waals surface area contributed by atoms with Gasteiger partial charge in [-0.15, -0.1) is 0 Å². The summed E-state index contributed by atoms with van der Waals surface area (Å²) >= 11 is 9.41. The van der Waals surface area contributed by atoms with Crippen molar-refractivity contribution < 1.29 is 9.13 Å². The Bertz CT molecular complexity index is 557. The zero-order chi connectivity index (χ0) is 13.8. The molecule has 19 heavy (non-hydrogen) atoms. The highest BCUT2D eigenvalue weighted by molar-refractivity contribution is 9.09. The smallest absolute Gasteiger partial charge is 0.127 e. The minimum atomic E-state index is -0.278. The third-order valence-corrected chi connectivity index (χ3v) is 3.97. The second-order valence-corrected chi connectivity index (χ2v) is 5.38. The Kier molecular flexibility index (Phi) is 4.83. The van der Waals surface area contributed by atoms with Crippen molar-refractivity contribution in [3.05, 3.63) is 64.4 Å². The van der Waals surface area contributed by atoms with Crippen LogP contribution in [0.1, 0.15) is 22.9 Å². The predicted octanol–water partition coefficient (Wildman–Crippen LogP) is 5.36. The topological polar surface area (TPSA) is 9.23 Å². The minimum Gasteiger partial charge on any atom is -0.494 e. The van der Waals surface area contributed by atoms with E-state index in [0.717, 1.165) is 11.3 Å². The van der Waals surface area contributed by atoms with Crippen molar-refractivity contribution in [2.75, 3.05) is 6.61 Å². The number of halogens is 3. The molecule has 100 valence electrons. The van der Waals surface area contributed by atoms with Crippen molar-refractivity contribution in [2.24, 2.45) is 0 Å². The van der Waals surface area contributed by atoms with Gasteiger partial charge in [-0.3, -0.25) is 0 Å². The van der Waals surface area contributed by atoms with E-state index in [2.05, 4.69) is 15.9 Å². The van der Waals surface area contributed by atoms with Gasteiger partial charge in [-0.2, -0.15) is 0 Å². The van der Waals surface area contributed by atoms with Gasteiger partial charge in [0.05, 0.1) is 11.4 Å². The molecule has 1 unspecified atom stereocenters. The van der Waals surface area contributed by atoms with E-state index in [1.807, 2.05) is 31.2 Å². The van der Waals surface area contributed by atoms with Gasteiger partial charge in [-0.05, 0) is 42.8 Å². The maximum Gasteiger partial charge on any atom is 0.127 e. The van der Waals surface area contributed by atoms with Gasteiger partial charge in [0.25, 0.3) is 0 Å². The van der Waals surface area contributed by atoms with E-state index in [-0.39, 0.29) is 10.6 Å². The van der Waals surface area contributed by atoms with Gasteiger partial charge in [0.2, 0.25) is 0 Å². The number of rotatable bonds is 4. The predicted molar refractivity (Wildman–Crippen MR) is 79.8 cm³/mol. The fourth-order valence-electron chi connectivity index (χ4n) is 1.79. The van der Waals surface area contributed by atoms with Crippen molar-refractivity contribution in [3.63, 3.8) is 0 Å². The summed E-state index contributed by atoms with van der Waals surface area (Å²) in [5.74, 6) is 0.526. The number of ether oxygens (including phenoxy) is 1. The number of alkyl halides is 1. The first-order chi connectivity index (χ1) is 9.11. The minimum absolute atomic E-state index is 0.234. The lowest BCUT2D eigenvalue weighted by Gasteiger charge is -2.13. The van der Waals surface area contributed by atoms with Crippen molar-refractivity contribution in [1.29, 1.82) is 0 Å².